The Morgan fingerprint density at radius 2 is 2.22 bits per heavy atom. The molecule has 0 aliphatic heterocycles. The number of hydrogen-bond acceptors (Lipinski definition) is 4. The molecule has 2 aromatic rings. The minimum absolute atomic E-state index is 0.661. The monoisotopic (exact) mass is 258 g/mol. The number of methoxy groups -OCH3 is 1. The zero-order valence-corrected chi connectivity index (χ0v) is 11.5. The van der Waals surface area contributed by atoms with Crippen LogP contribution in [-0.2, 0) is 6.42 Å². The molecule has 1 heterocycles. The van der Waals surface area contributed by atoms with Gasteiger partial charge in [0.1, 0.15) is 21.7 Å². The second-order valence-electron chi connectivity index (χ2n) is 3.93. The summed E-state index contributed by atoms with van der Waals surface area (Å²) in [6, 6.07) is 8.25. The number of aryl methyl sites for hydroxylation is 2. The number of ether oxygens (including phenoxy) is 1. The van der Waals surface area contributed by atoms with Crippen LogP contribution in [0.4, 0.5) is 0 Å². The van der Waals surface area contributed by atoms with E-state index >= 15 is 0 Å². The number of hydrogen-bond donors (Lipinski definition) is 0. The highest BCUT2D eigenvalue weighted by molar-refractivity contribution is 7.15. The molecule has 0 unspecified atom stereocenters. The molecule has 0 N–H and O–H groups in total. The van der Waals surface area contributed by atoms with Crippen LogP contribution in [0.5, 0.6) is 5.75 Å². The van der Waals surface area contributed by atoms with Crippen LogP contribution < -0.4 is 4.74 Å². The maximum Gasteiger partial charge on any atom is 0.129 e. The van der Waals surface area contributed by atoms with Gasteiger partial charge in [-0.05, 0) is 31.0 Å². The minimum atomic E-state index is 0.661. The van der Waals surface area contributed by atoms with Crippen molar-refractivity contribution in [1.82, 2.24) is 4.98 Å². The summed E-state index contributed by atoms with van der Waals surface area (Å²) in [6.45, 7) is 3.97. The van der Waals surface area contributed by atoms with Crippen LogP contribution in [0.1, 0.15) is 23.1 Å². The lowest BCUT2D eigenvalue weighted by molar-refractivity contribution is 0.416. The number of benzene rings is 1. The molecule has 0 saturated carbocycles. The van der Waals surface area contributed by atoms with Crippen molar-refractivity contribution in [2.24, 2.45) is 0 Å². The highest BCUT2D eigenvalue weighted by Crippen LogP contribution is 2.34. The van der Waals surface area contributed by atoms with Gasteiger partial charge in [-0.2, -0.15) is 5.26 Å². The van der Waals surface area contributed by atoms with Gasteiger partial charge >= 0.3 is 0 Å². The van der Waals surface area contributed by atoms with E-state index in [9.17, 15) is 0 Å². The van der Waals surface area contributed by atoms with Crippen LogP contribution in [0.2, 0.25) is 0 Å². The first-order valence-electron chi connectivity index (χ1n) is 5.74. The Morgan fingerprint density at radius 1 is 1.44 bits per heavy atom. The molecule has 18 heavy (non-hydrogen) atoms. The van der Waals surface area contributed by atoms with E-state index in [-0.39, 0.29) is 0 Å². The molecule has 0 saturated heterocycles. The number of nitriles is 1. The first-order valence-corrected chi connectivity index (χ1v) is 6.56. The van der Waals surface area contributed by atoms with E-state index in [0.717, 1.165) is 28.4 Å². The third-order valence-corrected chi connectivity index (χ3v) is 3.90. The molecule has 92 valence electrons. The molecular weight excluding hydrogens is 244 g/mol. The zero-order valence-electron chi connectivity index (χ0n) is 10.7. The lowest BCUT2D eigenvalue weighted by Crippen LogP contribution is -1.90. The van der Waals surface area contributed by atoms with E-state index in [1.807, 2.05) is 19.1 Å². The molecule has 0 aliphatic carbocycles. The fraction of sp³-hybridized carbons (Fsp3) is 0.286. The molecule has 1 aromatic carbocycles. The van der Waals surface area contributed by atoms with Gasteiger partial charge in [-0.15, -0.1) is 11.3 Å². The molecule has 0 bridgehead atoms. The summed E-state index contributed by atoms with van der Waals surface area (Å²) in [5.74, 6) is 0.797. The third-order valence-electron chi connectivity index (χ3n) is 2.80. The van der Waals surface area contributed by atoms with Crippen molar-refractivity contribution in [3.05, 3.63) is 34.3 Å². The number of aromatic nitrogens is 1. The Balaban J connectivity index is 2.57. The SMILES string of the molecule is CCc1ccc(OC)c(-c2nc(C)c(C#N)s2)c1. The Hall–Kier alpha value is -1.86. The van der Waals surface area contributed by atoms with Crippen LogP contribution in [-0.4, -0.2) is 12.1 Å². The van der Waals surface area contributed by atoms with Gasteiger partial charge in [0.25, 0.3) is 0 Å². The topological polar surface area (TPSA) is 45.9 Å². The Morgan fingerprint density at radius 3 is 2.78 bits per heavy atom. The Kier molecular flexibility index (Phi) is 3.63. The molecule has 4 heteroatoms. The summed E-state index contributed by atoms with van der Waals surface area (Å²) < 4.78 is 5.37. The van der Waals surface area contributed by atoms with E-state index in [2.05, 4.69) is 24.0 Å². The molecule has 0 fully saturated rings. The molecule has 1 aromatic heterocycles. The molecule has 2 rings (SSSR count). The van der Waals surface area contributed by atoms with Crippen LogP contribution in [0, 0.1) is 18.3 Å². The van der Waals surface area contributed by atoms with Crippen molar-refractivity contribution < 1.29 is 4.74 Å². The smallest absolute Gasteiger partial charge is 0.129 e. The summed E-state index contributed by atoms with van der Waals surface area (Å²) in [7, 11) is 1.65. The largest absolute Gasteiger partial charge is 0.496 e. The van der Waals surface area contributed by atoms with Crippen LogP contribution in [0.15, 0.2) is 18.2 Å². The van der Waals surface area contributed by atoms with E-state index < -0.39 is 0 Å². The summed E-state index contributed by atoms with van der Waals surface area (Å²) >= 11 is 1.41. The van der Waals surface area contributed by atoms with Gasteiger partial charge in [-0.1, -0.05) is 13.0 Å². The predicted octanol–water partition coefficient (Wildman–Crippen LogP) is 3.56. The van der Waals surface area contributed by atoms with Gasteiger partial charge in [0.15, 0.2) is 0 Å². The summed E-state index contributed by atoms with van der Waals surface area (Å²) in [6.07, 6.45) is 0.965. The van der Waals surface area contributed by atoms with Crippen molar-refractivity contribution in [2.75, 3.05) is 7.11 Å². The van der Waals surface area contributed by atoms with E-state index in [0.29, 0.717) is 4.88 Å². The van der Waals surface area contributed by atoms with E-state index in [1.165, 1.54) is 16.9 Å². The van der Waals surface area contributed by atoms with E-state index in [1.54, 1.807) is 7.11 Å². The summed E-state index contributed by atoms with van der Waals surface area (Å²) in [4.78, 5) is 5.11. The fourth-order valence-corrected chi connectivity index (χ4v) is 2.64. The summed E-state index contributed by atoms with van der Waals surface area (Å²) in [5, 5.41) is 9.84. The number of thiazole rings is 1. The lowest BCUT2D eigenvalue weighted by Gasteiger charge is -2.07. The molecule has 0 aliphatic rings. The quantitative estimate of drug-likeness (QED) is 0.845. The average molecular weight is 258 g/mol. The molecule has 0 spiro atoms. The summed E-state index contributed by atoms with van der Waals surface area (Å²) in [5.41, 5.74) is 2.98. The first kappa shape index (κ1) is 12.6. The fourth-order valence-electron chi connectivity index (χ4n) is 1.76. The lowest BCUT2D eigenvalue weighted by atomic mass is 10.1. The average Bonchev–Trinajstić information content (AvgIpc) is 2.79. The van der Waals surface area contributed by atoms with Gasteiger partial charge < -0.3 is 4.74 Å². The van der Waals surface area contributed by atoms with Gasteiger partial charge in [-0.25, -0.2) is 4.98 Å². The van der Waals surface area contributed by atoms with E-state index in [4.69, 9.17) is 10.00 Å². The standard InChI is InChI=1S/C14H14N2OS/c1-4-10-5-6-12(17-3)11(7-10)14-16-9(2)13(8-15)18-14/h5-7H,4H2,1-3H3. The van der Waals surface area contributed by atoms with Crippen LogP contribution in [0.25, 0.3) is 10.6 Å². The van der Waals surface area contributed by atoms with Crippen molar-refractivity contribution in [1.29, 1.82) is 5.26 Å². The van der Waals surface area contributed by atoms with Crippen LogP contribution >= 0.6 is 11.3 Å². The minimum Gasteiger partial charge on any atom is -0.496 e. The zero-order chi connectivity index (χ0) is 13.1. The third kappa shape index (κ3) is 2.22. The van der Waals surface area contributed by atoms with Gasteiger partial charge in [0.05, 0.1) is 18.4 Å². The molecule has 3 nitrogen and oxygen atoms in total. The highest BCUT2D eigenvalue weighted by atomic mass is 32.1. The normalized spacial score (nSPS) is 10.1. The first-order chi connectivity index (χ1) is 8.69. The van der Waals surface area contributed by atoms with Crippen LogP contribution in [0.3, 0.4) is 0 Å². The van der Waals surface area contributed by atoms with Gasteiger partial charge in [-0.3, -0.25) is 0 Å². The maximum absolute atomic E-state index is 9.00. The molecular formula is C14H14N2OS. The number of rotatable bonds is 3. The molecule has 0 radical (unpaired) electrons. The second kappa shape index (κ2) is 5.19. The van der Waals surface area contributed by atoms with Crippen molar-refractivity contribution in [3.8, 4) is 22.4 Å². The second-order valence-corrected chi connectivity index (χ2v) is 4.93. The number of nitrogens with zero attached hydrogens (tertiary/aromatic N) is 2. The van der Waals surface area contributed by atoms with Gasteiger partial charge in [0, 0.05) is 0 Å². The predicted molar refractivity (Wildman–Crippen MR) is 72.9 cm³/mol. The van der Waals surface area contributed by atoms with Crippen molar-refractivity contribution in [3.63, 3.8) is 0 Å². The molecule has 0 atom stereocenters. The molecule has 0 amide bonds. The Bertz CT molecular complexity index is 611. The van der Waals surface area contributed by atoms with Crippen molar-refractivity contribution in [2.45, 2.75) is 20.3 Å². The Labute approximate surface area is 111 Å². The highest BCUT2D eigenvalue weighted by Gasteiger charge is 2.13. The van der Waals surface area contributed by atoms with Crippen molar-refractivity contribution >= 4 is 11.3 Å². The maximum atomic E-state index is 9.00. The van der Waals surface area contributed by atoms with Gasteiger partial charge in [0.2, 0.25) is 0 Å².